The van der Waals surface area contributed by atoms with Crippen LogP contribution in [0.2, 0.25) is 0 Å². The highest BCUT2D eigenvalue weighted by Gasteiger charge is 2.24. The number of unbranched alkanes of at least 4 members (excludes halogenated alkanes) is 1. The predicted molar refractivity (Wildman–Crippen MR) is 138 cm³/mol. The number of aromatic nitrogens is 4. The van der Waals surface area contributed by atoms with Gasteiger partial charge in [0.15, 0.2) is 10.8 Å². The maximum Gasteiger partial charge on any atom is 0.330 e. The predicted octanol–water partition coefficient (Wildman–Crippen LogP) is 2.46. The summed E-state index contributed by atoms with van der Waals surface area (Å²) in [5, 5.41) is 0.443. The van der Waals surface area contributed by atoms with Gasteiger partial charge in [-0.2, -0.15) is 0 Å². The number of anilines is 2. The number of amides is 1. The number of nitrogens with zero attached hydrogens (tertiary/aromatic N) is 4. The highest BCUT2D eigenvalue weighted by molar-refractivity contribution is 7.99. The summed E-state index contributed by atoms with van der Waals surface area (Å²) < 4.78 is 6.43. The summed E-state index contributed by atoms with van der Waals surface area (Å²) in [5.74, 6) is -0.454. The molecular formula is C24H30N6O4S. The fraction of sp³-hybridized carbons (Fsp3) is 0.375. The first-order chi connectivity index (χ1) is 16.8. The van der Waals surface area contributed by atoms with Gasteiger partial charge in [0.1, 0.15) is 5.82 Å². The summed E-state index contributed by atoms with van der Waals surface area (Å²) in [5.41, 5.74) is 7.33. The van der Waals surface area contributed by atoms with E-state index in [1.165, 1.54) is 28.3 Å². The molecule has 0 aliphatic carbocycles. The molecule has 186 valence electrons. The molecule has 0 saturated carbocycles. The zero-order valence-corrected chi connectivity index (χ0v) is 20.9. The molecule has 0 aliphatic heterocycles. The molecule has 3 aromatic rings. The van der Waals surface area contributed by atoms with Crippen LogP contribution >= 0.6 is 11.8 Å². The minimum atomic E-state index is -0.715. The van der Waals surface area contributed by atoms with Crippen LogP contribution in [-0.2, 0) is 16.1 Å². The Kier molecular flexibility index (Phi) is 9.21. The number of carbonyl (C=O) groups excluding carboxylic acids is 1. The number of benzene rings is 1. The van der Waals surface area contributed by atoms with E-state index in [1.54, 1.807) is 0 Å². The van der Waals surface area contributed by atoms with Gasteiger partial charge in [0.05, 0.1) is 18.1 Å². The van der Waals surface area contributed by atoms with Crippen LogP contribution in [-0.4, -0.2) is 51.4 Å². The van der Waals surface area contributed by atoms with Crippen molar-refractivity contribution in [2.24, 2.45) is 0 Å². The van der Waals surface area contributed by atoms with Gasteiger partial charge in [-0.05, 0) is 19.4 Å². The molecule has 0 unspecified atom stereocenters. The van der Waals surface area contributed by atoms with Gasteiger partial charge in [-0.25, -0.2) is 14.8 Å². The highest BCUT2D eigenvalue weighted by Crippen LogP contribution is 2.23. The first kappa shape index (κ1) is 26.2. The van der Waals surface area contributed by atoms with Crippen molar-refractivity contribution in [3.63, 3.8) is 0 Å². The fourth-order valence-electron chi connectivity index (χ4n) is 3.49. The van der Waals surface area contributed by atoms with Gasteiger partial charge in [0.2, 0.25) is 5.91 Å². The second kappa shape index (κ2) is 12.3. The summed E-state index contributed by atoms with van der Waals surface area (Å²) in [7, 11) is 1.50. The Labute approximate surface area is 207 Å². The van der Waals surface area contributed by atoms with E-state index in [4.69, 9.17) is 10.5 Å². The second-order valence-corrected chi connectivity index (χ2v) is 8.81. The van der Waals surface area contributed by atoms with E-state index in [9.17, 15) is 14.4 Å². The Hall–Kier alpha value is -3.44. The van der Waals surface area contributed by atoms with Crippen LogP contribution in [0, 0.1) is 6.92 Å². The summed E-state index contributed by atoms with van der Waals surface area (Å²) >= 11 is 1.17. The quantitative estimate of drug-likeness (QED) is 0.304. The summed E-state index contributed by atoms with van der Waals surface area (Å²) in [6.07, 6.45) is 1.54. The molecule has 0 radical (unpaired) electrons. The Morgan fingerprint density at radius 3 is 2.66 bits per heavy atom. The van der Waals surface area contributed by atoms with Crippen LogP contribution in [0.3, 0.4) is 0 Å². The van der Waals surface area contributed by atoms with E-state index in [0.29, 0.717) is 18.1 Å². The number of rotatable bonds is 11. The summed E-state index contributed by atoms with van der Waals surface area (Å²) in [6.45, 7) is 4.47. The first-order valence-corrected chi connectivity index (χ1v) is 12.3. The number of methoxy groups -OCH3 is 1. The number of H-pyrrole nitrogens is 1. The maximum absolute atomic E-state index is 13.3. The molecule has 0 saturated heterocycles. The van der Waals surface area contributed by atoms with Crippen molar-refractivity contribution in [2.75, 3.05) is 36.6 Å². The number of nitrogens with one attached hydrogen (secondary N) is 1. The van der Waals surface area contributed by atoms with Crippen molar-refractivity contribution in [1.82, 2.24) is 19.5 Å². The molecule has 3 N–H and O–H groups in total. The van der Waals surface area contributed by atoms with E-state index in [1.807, 2.05) is 50.2 Å². The number of aromatic amines is 1. The van der Waals surface area contributed by atoms with Crippen molar-refractivity contribution < 1.29 is 9.53 Å². The molecule has 0 atom stereocenters. The smallest absolute Gasteiger partial charge is 0.330 e. The standard InChI is InChI=1S/C24H30N6O4S/c1-4-5-11-30-21(25)20(22(32)28-24(30)33)29(12-13-34-3)19(31)15-35-23-26-16(2)14-18(27-23)17-9-7-6-8-10-17/h6-10,14H,4-5,11-13,15,25H2,1-3H3,(H,28,32,33). The van der Waals surface area contributed by atoms with Gasteiger partial charge in [-0.1, -0.05) is 55.4 Å². The average Bonchev–Trinajstić information content (AvgIpc) is 2.84. The third-order valence-electron chi connectivity index (χ3n) is 5.27. The molecule has 0 spiro atoms. The molecule has 2 aromatic heterocycles. The van der Waals surface area contributed by atoms with Crippen LogP contribution in [0.4, 0.5) is 11.5 Å². The van der Waals surface area contributed by atoms with Gasteiger partial charge >= 0.3 is 5.69 Å². The van der Waals surface area contributed by atoms with E-state index < -0.39 is 11.2 Å². The van der Waals surface area contributed by atoms with Crippen molar-refractivity contribution in [2.45, 2.75) is 38.4 Å². The lowest BCUT2D eigenvalue weighted by molar-refractivity contribution is -0.116. The molecule has 3 rings (SSSR count). The molecule has 35 heavy (non-hydrogen) atoms. The number of carbonyl (C=O) groups is 1. The van der Waals surface area contributed by atoms with Crippen LogP contribution in [0.25, 0.3) is 11.3 Å². The van der Waals surface area contributed by atoms with E-state index in [0.717, 1.165) is 23.4 Å². The van der Waals surface area contributed by atoms with E-state index >= 15 is 0 Å². The van der Waals surface area contributed by atoms with Gasteiger partial charge < -0.3 is 15.4 Å². The zero-order chi connectivity index (χ0) is 25.4. The molecular weight excluding hydrogens is 468 g/mol. The van der Waals surface area contributed by atoms with E-state index in [2.05, 4.69) is 15.0 Å². The summed E-state index contributed by atoms with van der Waals surface area (Å²) in [6, 6.07) is 11.6. The van der Waals surface area contributed by atoms with Crippen LogP contribution in [0.15, 0.2) is 51.1 Å². The average molecular weight is 499 g/mol. The third-order valence-corrected chi connectivity index (χ3v) is 6.10. The number of aryl methyl sites for hydroxylation is 1. The lowest BCUT2D eigenvalue weighted by Crippen LogP contribution is -2.43. The largest absolute Gasteiger partial charge is 0.383 e. The maximum atomic E-state index is 13.3. The number of thioether (sulfide) groups is 1. The molecule has 10 nitrogen and oxygen atoms in total. The van der Waals surface area contributed by atoms with Gasteiger partial charge in [0, 0.05) is 31.5 Å². The molecule has 11 heteroatoms. The minimum absolute atomic E-state index is 0.0334. The number of nitrogens with two attached hydrogens (primary N) is 1. The van der Waals surface area contributed by atoms with Crippen LogP contribution in [0.5, 0.6) is 0 Å². The number of hydrogen-bond acceptors (Lipinski definition) is 8. The molecule has 1 amide bonds. The summed E-state index contributed by atoms with van der Waals surface area (Å²) in [4.78, 5) is 50.8. The van der Waals surface area contributed by atoms with Crippen molar-refractivity contribution >= 4 is 29.2 Å². The van der Waals surface area contributed by atoms with E-state index in [-0.39, 0.29) is 36.3 Å². The molecule has 0 aliphatic rings. The third kappa shape index (κ3) is 6.58. The van der Waals surface area contributed by atoms with Gasteiger partial charge in [-0.3, -0.25) is 19.1 Å². The SMILES string of the molecule is CCCCn1c(N)c(N(CCOC)C(=O)CSc2nc(C)cc(-c3ccccc3)n2)c(=O)[nH]c1=O. The van der Waals surface area contributed by atoms with Crippen molar-refractivity contribution in [3.05, 3.63) is 62.9 Å². The van der Waals surface area contributed by atoms with Crippen molar-refractivity contribution in [3.8, 4) is 11.3 Å². The molecule has 0 fully saturated rings. The minimum Gasteiger partial charge on any atom is -0.383 e. The number of ether oxygens (including phenoxy) is 1. The lowest BCUT2D eigenvalue weighted by Gasteiger charge is -2.24. The van der Waals surface area contributed by atoms with Crippen LogP contribution in [0.1, 0.15) is 25.5 Å². The van der Waals surface area contributed by atoms with Gasteiger partial charge in [-0.15, -0.1) is 0 Å². The lowest BCUT2D eigenvalue weighted by atomic mass is 10.1. The van der Waals surface area contributed by atoms with Crippen molar-refractivity contribution in [1.29, 1.82) is 0 Å². The monoisotopic (exact) mass is 498 g/mol. The molecule has 0 bridgehead atoms. The number of hydrogen-bond donors (Lipinski definition) is 2. The Bertz CT molecular complexity index is 1280. The Morgan fingerprint density at radius 2 is 1.97 bits per heavy atom. The topological polar surface area (TPSA) is 136 Å². The molecule has 2 heterocycles. The Balaban J connectivity index is 1.88. The Morgan fingerprint density at radius 1 is 1.23 bits per heavy atom. The highest BCUT2D eigenvalue weighted by atomic mass is 32.2. The fourth-order valence-corrected chi connectivity index (χ4v) is 4.27. The normalized spacial score (nSPS) is 10.9. The zero-order valence-electron chi connectivity index (χ0n) is 20.1. The second-order valence-electron chi connectivity index (χ2n) is 7.87. The number of nitrogen functional groups attached to an aromatic ring is 1. The van der Waals surface area contributed by atoms with Gasteiger partial charge in [0.25, 0.3) is 5.56 Å². The first-order valence-electron chi connectivity index (χ1n) is 11.3. The molecule has 1 aromatic carbocycles. The van der Waals surface area contributed by atoms with Crippen LogP contribution < -0.4 is 21.9 Å².